The van der Waals surface area contributed by atoms with Crippen LogP contribution >= 0.6 is 12.8 Å². The average molecular weight is 181 g/mol. The molecule has 2 rings (SSSR count). The zero-order chi connectivity index (χ0) is 8.39. The van der Waals surface area contributed by atoms with Gasteiger partial charge in [0.05, 0.1) is 6.61 Å². The van der Waals surface area contributed by atoms with Crippen LogP contribution in [-0.4, -0.2) is 6.61 Å². The van der Waals surface area contributed by atoms with Crippen molar-refractivity contribution < 1.29 is 4.74 Å². The molecular weight excluding hydrogens is 170 g/mol. The van der Waals surface area contributed by atoms with Crippen LogP contribution in [0.15, 0.2) is 24.3 Å². The molecule has 1 atom stereocenters. The van der Waals surface area contributed by atoms with Gasteiger partial charge in [-0.05, 0) is 6.07 Å². The number of hydrogen-bond acceptors (Lipinski definition) is 3. The lowest BCUT2D eigenvalue weighted by molar-refractivity contribution is 0.265. The van der Waals surface area contributed by atoms with Crippen LogP contribution in [0.25, 0.3) is 0 Å². The van der Waals surface area contributed by atoms with Gasteiger partial charge < -0.3 is 4.74 Å². The van der Waals surface area contributed by atoms with Gasteiger partial charge in [0.15, 0.2) is 0 Å². The number of nitrogens with one attached hydrogen (secondary N) is 1. The molecule has 1 aromatic rings. The lowest BCUT2D eigenvalue weighted by atomic mass is 10.0. The van der Waals surface area contributed by atoms with Crippen LogP contribution in [0.5, 0.6) is 5.75 Å². The highest BCUT2D eigenvalue weighted by Gasteiger charge is 2.18. The van der Waals surface area contributed by atoms with Crippen LogP contribution in [0.4, 0.5) is 0 Å². The third kappa shape index (κ3) is 1.30. The maximum absolute atomic E-state index is 5.48. The van der Waals surface area contributed by atoms with Gasteiger partial charge in [0.25, 0.3) is 0 Å². The predicted molar refractivity (Wildman–Crippen MR) is 51.4 cm³/mol. The summed E-state index contributed by atoms with van der Waals surface area (Å²) in [6.45, 7) is 0.773. The predicted octanol–water partition coefficient (Wildman–Crippen LogP) is 1.94. The minimum atomic E-state index is 0.332. The summed E-state index contributed by atoms with van der Waals surface area (Å²) in [7, 11) is 0. The molecule has 1 unspecified atom stereocenters. The SMILES string of the molecule is SNC1CCOc2ccccc21. The summed E-state index contributed by atoms with van der Waals surface area (Å²) in [5, 5.41) is 0. The number of benzene rings is 1. The molecule has 0 saturated carbocycles. The fourth-order valence-electron chi connectivity index (χ4n) is 1.48. The highest BCUT2D eigenvalue weighted by Crippen LogP contribution is 2.31. The molecule has 3 heteroatoms. The summed E-state index contributed by atoms with van der Waals surface area (Å²) in [5.41, 5.74) is 1.21. The summed E-state index contributed by atoms with van der Waals surface area (Å²) in [5.74, 6) is 0.982. The third-order valence-electron chi connectivity index (χ3n) is 2.11. The van der Waals surface area contributed by atoms with Crippen molar-refractivity contribution >= 4 is 12.8 Å². The maximum atomic E-state index is 5.48. The second-order valence-corrected chi connectivity index (χ2v) is 3.11. The van der Waals surface area contributed by atoms with Crippen molar-refractivity contribution in [3.8, 4) is 5.75 Å². The molecule has 0 spiro atoms. The Bertz CT molecular complexity index is 277. The van der Waals surface area contributed by atoms with Gasteiger partial charge >= 0.3 is 0 Å². The van der Waals surface area contributed by atoms with Crippen molar-refractivity contribution in [2.75, 3.05) is 6.61 Å². The molecule has 1 aromatic carbocycles. The fraction of sp³-hybridized carbons (Fsp3) is 0.333. The third-order valence-corrected chi connectivity index (χ3v) is 2.43. The smallest absolute Gasteiger partial charge is 0.124 e. The minimum Gasteiger partial charge on any atom is -0.493 e. The number of fused-ring (bicyclic) bond motifs is 1. The topological polar surface area (TPSA) is 21.3 Å². The summed E-state index contributed by atoms with van der Waals surface area (Å²) in [6, 6.07) is 8.40. The van der Waals surface area contributed by atoms with Gasteiger partial charge in [0, 0.05) is 18.0 Å². The highest BCUT2D eigenvalue weighted by molar-refractivity contribution is 7.78. The van der Waals surface area contributed by atoms with E-state index in [-0.39, 0.29) is 0 Å². The van der Waals surface area contributed by atoms with Crippen LogP contribution < -0.4 is 9.46 Å². The summed E-state index contributed by atoms with van der Waals surface area (Å²) in [6.07, 6.45) is 0.987. The molecule has 0 aliphatic carbocycles. The molecule has 0 fully saturated rings. The molecule has 0 amide bonds. The van der Waals surface area contributed by atoms with Crippen LogP contribution in [0, 0.1) is 0 Å². The van der Waals surface area contributed by atoms with Crippen molar-refractivity contribution in [3.05, 3.63) is 29.8 Å². The average Bonchev–Trinajstić information content (AvgIpc) is 2.17. The van der Waals surface area contributed by atoms with Gasteiger partial charge in [-0.3, -0.25) is 4.72 Å². The summed E-state index contributed by atoms with van der Waals surface area (Å²) < 4.78 is 8.46. The molecule has 0 aromatic heterocycles. The Morgan fingerprint density at radius 1 is 1.42 bits per heavy atom. The Morgan fingerprint density at radius 2 is 2.25 bits per heavy atom. The van der Waals surface area contributed by atoms with Crippen LogP contribution in [0.1, 0.15) is 18.0 Å². The van der Waals surface area contributed by atoms with E-state index in [1.165, 1.54) is 5.56 Å². The molecule has 0 radical (unpaired) electrons. The van der Waals surface area contributed by atoms with Gasteiger partial charge in [-0.1, -0.05) is 31.0 Å². The summed E-state index contributed by atoms with van der Waals surface area (Å²) in [4.78, 5) is 0. The van der Waals surface area contributed by atoms with E-state index >= 15 is 0 Å². The van der Waals surface area contributed by atoms with Gasteiger partial charge in [0.1, 0.15) is 5.75 Å². The molecular formula is C9H11NOS. The molecule has 64 valence electrons. The largest absolute Gasteiger partial charge is 0.493 e. The van der Waals surface area contributed by atoms with E-state index in [0.717, 1.165) is 18.8 Å². The Balaban J connectivity index is 2.37. The fourth-order valence-corrected chi connectivity index (χ4v) is 1.74. The van der Waals surface area contributed by atoms with E-state index in [1.54, 1.807) is 0 Å². The van der Waals surface area contributed by atoms with Crippen LogP contribution in [0.3, 0.4) is 0 Å². The van der Waals surface area contributed by atoms with Crippen molar-refractivity contribution in [1.82, 2.24) is 4.72 Å². The first-order chi connectivity index (χ1) is 5.92. The van der Waals surface area contributed by atoms with Crippen molar-refractivity contribution in [2.24, 2.45) is 0 Å². The molecule has 12 heavy (non-hydrogen) atoms. The van der Waals surface area contributed by atoms with Gasteiger partial charge in [-0.2, -0.15) is 0 Å². The molecule has 1 aliphatic heterocycles. The molecule has 0 bridgehead atoms. The monoisotopic (exact) mass is 181 g/mol. The van der Waals surface area contributed by atoms with Crippen LogP contribution in [0.2, 0.25) is 0 Å². The van der Waals surface area contributed by atoms with E-state index in [0.29, 0.717) is 6.04 Å². The van der Waals surface area contributed by atoms with E-state index in [4.69, 9.17) is 4.74 Å². The Hall–Kier alpha value is -0.670. The van der Waals surface area contributed by atoms with Crippen molar-refractivity contribution in [2.45, 2.75) is 12.5 Å². The number of thiol groups is 1. The minimum absolute atomic E-state index is 0.332. The van der Waals surface area contributed by atoms with Gasteiger partial charge in [0.2, 0.25) is 0 Å². The first-order valence-electron chi connectivity index (χ1n) is 4.03. The highest BCUT2D eigenvalue weighted by atomic mass is 32.1. The molecule has 0 saturated heterocycles. The first-order valence-corrected chi connectivity index (χ1v) is 4.48. The molecule has 2 nitrogen and oxygen atoms in total. The van der Waals surface area contributed by atoms with Crippen LogP contribution in [-0.2, 0) is 0 Å². The molecule has 1 N–H and O–H groups in total. The lowest BCUT2D eigenvalue weighted by Crippen LogP contribution is -2.20. The van der Waals surface area contributed by atoms with Gasteiger partial charge in [-0.25, -0.2) is 0 Å². The maximum Gasteiger partial charge on any atom is 0.124 e. The molecule has 1 aliphatic rings. The van der Waals surface area contributed by atoms with E-state index < -0.39 is 0 Å². The van der Waals surface area contributed by atoms with Gasteiger partial charge in [-0.15, -0.1) is 0 Å². The lowest BCUT2D eigenvalue weighted by Gasteiger charge is -2.24. The quantitative estimate of drug-likeness (QED) is 0.646. The zero-order valence-corrected chi connectivity index (χ0v) is 7.55. The number of para-hydroxylation sites is 1. The molecule has 1 heterocycles. The number of rotatable bonds is 1. The Morgan fingerprint density at radius 3 is 3.08 bits per heavy atom. The van der Waals surface area contributed by atoms with Crippen molar-refractivity contribution in [1.29, 1.82) is 0 Å². The Labute approximate surface area is 77.5 Å². The second-order valence-electron chi connectivity index (χ2n) is 2.86. The van der Waals surface area contributed by atoms with E-state index in [2.05, 4.69) is 23.6 Å². The summed E-state index contributed by atoms with van der Waals surface area (Å²) >= 11 is 4.08. The standard InChI is InChI=1S/C9H11NOS/c12-10-8-5-6-11-9-4-2-1-3-7(8)9/h1-4,8,10,12H,5-6H2. The Kier molecular flexibility index (Phi) is 2.23. The first kappa shape index (κ1) is 7.95. The van der Waals surface area contributed by atoms with E-state index in [1.807, 2.05) is 18.2 Å². The normalized spacial score (nSPS) is 21.2. The number of ether oxygens (including phenoxy) is 1. The second kappa shape index (κ2) is 3.37. The zero-order valence-electron chi connectivity index (χ0n) is 6.66. The van der Waals surface area contributed by atoms with E-state index in [9.17, 15) is 0 Å². The number of hydrogen-bond donors (Lipinski definition) is 2. The van der Waals surface area contributed by atoms with Crippen molar-refractivity contribution in [3.63, 3.8) is 0 Å².